The van der Waals surface area contributed by atoms with Gasteiger partial charge in [-0.25, -0.2) is 0 Å². The predicted molar refractivity (Wildman–Crippen MR) is 196 cm³/mol. The van der Waals surface area contributed by atoms with Gasteiger partial charge in [-0.3, -0.25) is 20.0 Å². The molecule has 0 saturated heterocycles. The van der Waals surface area contributed by atoms with Crippen LogP contribution in [0.15, 0.2) is 95.2 Å². The Morgan fingerprint density at radius 2 is 0.891 bits per heavy atom. The largest absolute Gasteiger partial charge is 0.286 e. The Balaban J connectivity index is 1.27. The molecule has 0 amide bonds. The van der Waals surface area contributed by atoms with Gasteiger partial charge in [-0.15, -0.1) is 0 Å². The number of pyridine rings is 2. The van der Waals surface area contributed by atoms with E-state index < -0.39 is 0 Å². The molecule has 2 atom stereocenters. The number of hydrogen-bond donors (Lipinski definition) is 0. The lowest BCUT2D eigenvalue weighted by Crippen LogP contribution is -2.47. The molecule has 1 fully saturated rings. The lowest BCUT2D eigenvalue weighted by Gasteiger charge is -2.48. The van der Waals surface area contributed by atoms with Gasteiger partial charge in [-0.05, 0) is 84.7 Å². The van der Waals surface area contributed by atoms with E-state index in [0.29, 0.717) is 0 Å². The fourth-order valence-electron chi connectivity index (χ4n) is 7.30. The predicted octanol–water partition coefficient (Wildman–Crippen LogP) is 10.7. The van der Waals surface area contributed by atoms with Crippen LogP contribution >= 0.6 is 0 Å². The first kappa shape index (κ1) is 33.4. The van der Waals surface area contributed by atoms with Crippen LogP contribution in [0, 0.1) is 5.41 Å². The molecule has 5 rings (SSSR count). The van der Waals surface area contributed by atoms with Crippen molar-refractivity contribution in [1.82, 2.24) is 9.97 Å². The number of hydrogen-bond acceptors (Lipinski definition) is 4. The van der Waals surface area contributed by atoms with Gasteiger partial charge in [-0.1, -0.05) is 104 Å². The maximum absolute atomic E-state index is 5.19. The van der Waals surface area contributed by atoms with Gasteiger partial charge in [0.2, 0.25) is 0 Å². The maximum atomic E-state index is 5.19. The van der Waals surface area contributed by atoms with Crippen molar-refractivity contribution in [2.45, 2.75) is 110 Å². The third-order valence-corrected chi connectivity index (χ3v) is 9.20. The monoisotopic (exact) mass is 612 g/mol. The first-order valence-electron chi connectivity index (χ1n) is 16.7. The van der Waals surface area contributed by atoms with E-state index in [0.717, 1.165) is 52.9 Å². The van der Waals surface area contributed by atoms with Crippen molar-refractivity contribution in [3.63, 3.8) is 0 Å². The highest BCUT2D eigenvalue weighted by atomic mass is 14.9. The molecule has 2 aromatic heterocycles. The lowest BCUT2D eigenvalue weighted by molar-refractivity contribution is 0.101. The molecule has 2 unspecified atom stereocenters. The highest BCUT2D eigenvalue weighted by Gasteiger charge is 2.46. The molecule has 2 aromatic carbocycles. The standard InChI is InChI=1S/C42H52N4/c1-38(2,3)34-17-13-32(14-18-34)36-21-11-30(23-43-36)25-45-41(9)27-40(7,8)28-42(10,29-41)46-26-31-12-22-37(44-24-31)33-15-19-35(20-16-33)39(4,5)6/h11-26H,27-29H2,1-10H3. The number of nitrogens with zero attached hydrogens (tertiary/aromatic N) is 4. The Morgan fingerprint density at radius 3 is 1.20 bits per heavy atom. The zero-order valence-electron chi connectivity index (χ0n) is 29.6. The Hall–Kier alpha value is -3.92. The molecule has 4 aromatic rings. The van der Waals surface area contributed by atoms with E-state index in [2.05, 4.69) is 142 Å². The van der Waals surface area contributed by atoms with Crippen LogP contribution in [-0.4, -0.2) is 33.5 Å². The molecule has 4 nitrogen and oxygen atoms in total. The lowest BCUT2D eigenvalue weighted by atomic mass is 9.62. The van der Waals surface area contributed by atoms with Crippen molar-refractivity contribution in [3.05, 3.63) is 107 Å². The van der Waals surface area contributed by atoms with Crippen LogP contribution in [0.1, 0.15) is 111 Å². The van der Waals surface area contributed by atoms with Crippen LogP contribution in [0.4, 0.5) is 0 Å². The summed E-state index contributed by atoms with van der Waals surface area (Å²) in [5, 5.41) is 0. The van der Waals surface area contributed by atoms with E-state index in [1.807, 2.05) is 24.8 Å². The Kier molecular flexibility index (Phi) is 8.98. The fourth-order valence-corrected chi connectivity index (χ4v) is 7.30. The van der Waals surface area contributed by atoms with Crippen LogP contribution in [-0.2, 0) is 10.8 Å². The van der Waals surface area contributed by atoms with Crippen LogP contribution in [0.2, 0.25) is 0 Å². The third kappa shape index (κ3) is 8.26. The Morgan fingerprint density at radius 1 is 0.522 bits per heavy atom. The smallest absolute Gasteiger partial charge is 0.0702 e. The summed E-state index contributed by atoms with van der Waals surface area (Å²) in [5.74, 6) is 0. The van der Waals surface area contributed by atoms with Crippen LogP contribution < -0.4 is 0 Å². The normalized spacial score (nSPS) is 22.0. The van der Waals surface area contributed by atoms with Crippen LogP contribution in [0.5, 0.6) is 0 Å². The van der Waals surface area contributed by atoms with Gasteiger partial charge in [0.15, 0.2) is 0 Å². The van der Waals surface area contributed by atoms with E-state index in [-0.39, 0.29) is 27.3 Å². The molecule has 0 aliphatic heterocycles. The molecule has 1 aliphatic carbocycles. The fraction of sp³-hybridized carbons (Fsp3) is 0.429. The maximum Gasteiger partial charge on any atom is 0.0702 e. The minimum Gasteiger partial charge on any atom is -0.286 e. The second kappa shape index (κ2) is 12.4. The molecule has 0 bridgehead atoms. The Labute approximate surface area is 277 Å². The molecule has 2 heterocycles. The number of rotatable bonds is 6. The van der Waals surface area contributed by atoms with Gasteiger partial charge in [0.05, 0.1) is 22.5 Å². The first-order chi connectivity index (χ1) is 21.4. The van der Waals surface area contributed by atoms with Crippen molar-refractivity contribution in [3.8, 4) is 22.5 Å². The molecule has 4 heteroatoms. The van der Waals surface area contributed by atoms with E-state index in [9.17, 15) is 0 Å². The van der Waals surface area contributed by atoms with Crippen LogP contribution in [0.3, 0.4) is 0 Å². The van der Waals surface area contributed by atoms with E-state index in [1.165, 1.54) is 11.1 Å². The summed E-state index contributed by atoms with van der Waals surface area (Å²) < 4.78 is 0. The number of aliphatic imine (C=N–C) groups is 2. The highest BCUT2D eigenvalue weighted by molar-refractivity contribution is 5.81. The molecule has 1 aliphatic rings. The van der Waals surface area contributed by atoms with Crippen LogP contribution in [0.25, 0.3) is 22.5 Å². The van der Waals surface area contributed by atoms with Gasteiger partial charge >= 0.3 is 0 Å². The summed E-state index contributed by atoms with van der Waals surface area (Å²) in [5.41, 5.74) is 8.84. The molecule has 240 valence electrons. The van der Waals surface area contributed by atoms with Crippen molar-refractivity contribution in [1.29, 1.82) is 0 Å². The average molecular weight is 613 g/mol. The van der Waals surface area contributed by atoms with E-state index in [1.54, 1.807) is 0 Å². The van der Waals surface area contributed by atoms with Crippen molar-refractivity contribution < 1.29 is 0 Å². The second-order valence-electron chi connectivity index (χ2n) is 16.8. The summed E-state index contributed by atoms with van der Waals surface area (Å²) in [4.78, 5) is 19.9. The summed E-state index contributed by atoms with van der Waals surface area (Å²) in [7, 11) is 0. The number of benzene rings is 2. The minimum absolute atomic E-state index is 0.110. The number of aromatic nitrogens is 2. The zero-order valence-corrected chi connectivity index (χ0v) is 29.6. The zero-order chi connectivity index (χ0) is 33.4. The van der Waals surface area contributed by atoms with Gasteiger partial charge < -0.3 is 0 Å². The van der Waals surface area contributed by atoms with E-state index in [4.69, 9.17) is 20.0 Å². The summed E-state index contributed by atoms with van der Waals surface area (Å²) >= 11 is 0. The molecular formula is C42H52N4. The summed E-state index contributed by atoms with van der Waals surface area (Å²) in [6.45, 7) is 22.7. The molecule has 0 spiro atoms. The topological polar surface area (TPSA) is 50.5 Å². The Bertz CT molecular complexity index is 1550. The molecule has 0 N–H and O–H groups in total. The summed E-state index contributed by atoms with van der Waals surface area (Å²) in [6, 6.07) is 25.9. The molecule has 1 saturated carbocycles. The summed E-state index contributed by atoms with van der Waals surface area (Å²) in [6.07, 6.45) is 10.8. The third-order valence-electron chi connectivity index (χ3n) is 9.20. The SMILES string of the molecule is CC1(C)CC(C)(N=Cc2ccc(-c3ccc(C(C)(C)C)cc3)nc2)CC(C)(N=Cc2ccc(-c3ccc(C(C)(C)C)cc3)nc2)C1. The quantitative estimate of drug-likeness (QED) is 0.203. The first-order valence-corrected chi connectivity index (χ1v) is 16.7. The molecule has 46 heavy (non-hydrogen) atoms. The molecular weight excluding hydrogens is 560 g/mol. The van der Waals surface area contributed by atoms with Gasteiger partial charge in [-0.2, -0.15) is 0 Å². The van der Waals surface area contributed by atoms with E-state index >= 15 is 0 Å². The van der Waals surface area contributed by atoms with Gasteiger partial charge in [0.1, 0.15) is 0 Å². The van der Waals surface area contributed by atoms with Gasteiger partial charge in [0.25, 0.3) is 0 Å². The minimum atomic E-state index is -0.226. The highest BCUT2D eigenvalue weighted by Crippen LogP contribution is 2.49. The van der Waals surface area contributed by atoms with Crippen molar-refractivity contribution in [2.75, 3.05) is 0 Å². The van der Waals surface area contributed by atoms with Gasteiger partial charge in [0, 0.05) is 47.1 Å². The van der Waals surface area contributed by atoms with Crippen molar-refractivity contribution >= 4 is 12.4 Å². The molecule has 0 radical (unpaired) electrons. The average Bonchev–Trinajstić information content (AvgIpc) is 2.98. The van der Waals surface area contributed by atoms with Crippen molar-refractivity contribution in [2.24, 2.45) is 15.4 Å². The second-order valence-corrected chi connectivity index (χ2v) is 16.8.